The second kappa shape index (κ2) is 6.63. The molecule has 0 saturated carbocycles. The zero-order valence-electron chi connectivity index (χ0n) is 14.7. The van der Waals surface area contributed by atoms with Crippen LogP contribution >= 0.6 is 0 Å². The molecule has 6 nitrogen and oxygen atoms in total. The molecule has 1 aromatic carbocycles. The van der Waals surface area contributed by atoms with Crippen LogP contribution in [0.3, 0.4) is 0 Å². The van der Waals surface area contributed by atoms with E-state index in [1.807, 2.05) is 49.1 Å². The van der Waals surface area contributed by atoms with Crippen molar-refractivity contribution in [1.82, 2.24) is 20.2 Å². The van der Waals surface area contributed by atoms with E-state index < -0.39 is 5.54 Å². The largest absolute Gasteiger partial charge is 0.354 e. The fourth-order valence-electron chi connectivity index (χ4n) is 3.31. The average molecular weight is 338 g/mol. The van der Waals surface area contributed by atoms with Crippen LogP contribution in [0.2, 0.25) is 0 Å². The molecule has 0 bridgehead atoms. The molecule has 2 amide bonds. The van der Waals surface area contributed by atoms with Gasteiger partial charge >= 0.3 is 0 Å². The van der Waals surface area contributed by atoms with Crippen LogP contribution in [0.1, 0.15) is 52.1 Å². The van der Waals surface area contributed by atoms with Crippen molar-refractivity contribution in [3.63, 3.8) is 0 Å². The highest BCUT2D eigenvalue weighted by Gasteiger charge is 2.44. The molecule has 130 valence electrons. The monoisotopic (exact) mass is 338 g/mol. The molecule has 1 aliphatic heterocycles. The van der Waals surface area contributed by atoms with Gasteiger partial charge in [-0.3, -0.25) is 9.59 Å². The minimum Gasteiger partial charge on any atom is -0.354 e. The number of aromatic nitrogens is 2. The predicted molar refractivity (Wildman–Crippen MR) is 94.2 cm³/mol. The van der Waals surface area contributed by atoms with Crippen LogP contribution in [0, 0.1) is 6.92 Å². The summed E-state index contributed by atoms with van der Waals surface area (Å²) in [5.41, 5.74) is 1.06. The number of carbonyl (C=O) groups excluding carboxylic acids is 2. The molecule has 2 heterocycles. The van der Waals surface area contributed by atoms with E-state index in [1.54, 1.807) is 13.1 Å². The van der Waals surface area contributed by atoms with E-state index >= 15 is 0 Å². The zero-order valence-corrected chi connectivity index (χ0v) is 14.7. The van der Waals surface area contributed by atoms with Crippen molar-refractivity contribution in [2.75, 3.05) is 13.6 Å². The van der Waals surface area contributed by atoms with Gasteiger partial charge in [0.15, 0.2) is 5.82 Å². The number of amides is 2. The fourth-order valence-corrected chi connectivity index (χ4v) is 3.31. The summed E-state index contributed by atoms with van der Waals surface area (Å²) in [5, 5.41) is 2.59. The Balaban J connectivity index is 2.01. The lowest BCUT2D eigenvalue weighted by Crippen LogP contribution is -2.44. The van der Waals surface area contributed by atoms with Crippen LogP contribution in [-0.4, -0.2) is 40.3 Å². The zero-order chi connectivity index (χ0) is 18.0. The number of carbonyl (C=O) groups is 2. The summed E-state index contributed by atoms with van der Waals surface area (Å²) in [6, 6.07) is 10.9. The summed E-state index contributed by atoms with van der Waals surface area (Å²) in [7, 11) is 1.57. The lowest BCUT2D eigenvalue weighted by Gasteiger charge is -2.34. The van der Waals surface area contributed by atoms with Gasteiger partial charge in [-0.2, -0.15) is 0 Å². The smallest absolute Gasteiger partial charge is 0.269 e. The number of hydrogen-bond acceptors (Lipinski definition) is 4. The van der Waals surface area contributed by atoms with Crippen LogP contribution in [-0.2, 0) is 5.54 Å². The Labute approximate surface area is 147 Å². The third kappa shape index (κ3) is 3.12. The van der Waals surface area contributed by atoms with Crippen molar-refractivity contribution in [1.29, 1.82) is 0 Å². The topological polar surface area (TPSA) is 75.2 Å². The molecule has 0 aliphatic carbocycles. The van der Waals surface area contributed by atoms with Gasteiger partial charge in [-0.25, -0.2) is 9.97 Å². The first-order valence-electron chi connectivity index (χ1n) is 8.41. The van der Waals surface area contributed by atoms with E-state index in [2.05, 4.69) is 15.3 Å². The van der Waals surface area contributed by atoms with Crippen molar-refractivity contribution in [2.45, 2.75) is 32.2 Å². The molecule has 1 aromatic heterocycles. The number of nitrogens with zero attached hydrogens (tertiary/aromatic N) is 3. The van der Waals surface area contributed by atoms with E-state index in [0.29, 0.717) is 29.3 Å². The Kier molecular flexibility index (Phi) is 4.53. The Morgan fingerprint density at radius 3 is 2.60 bits per heavy atom. The van der Waals surface area contributed by atoms with Gasteiger partial charge in [-0.05, 0) is 44.9 Å². The number of hydrogen-bond donors (Lipinski definition) is 1. The number of aryl methyl sites for hydroxylation is 1. The quantitative estimate of drug-likeness (QED) is 0.932. The molecule has 1 N–H and O–H groups in total. The highest BCUT2D eigenvalue weighted by molar-refractivity contribution is 5.95. The molecule has 0 spiro atoms. The summed E-state index contributed by atoms with van der Waals surface area (Å²) < 4.78 is 0. The minimum absolute atomic E-state index is 0.0350. The lowest BCUT2D eigenvalue weighted by atomic mass is 9.96. The third-order valence-electron chi connectivity index (χ3n) is 4.70. The van der Waals surface area contributed by atoms with E-state index in [-0.39, 0.29) is 11.8 Å². The molecule has 2 aromatic rings. The summed E-state index contributed by atoms with van der Waals surface area (Å²) in [6.45, 7) is 4.46. The highest BCUT2D eigenvalue weighted by atomic mass is 16.2. The second-order valence-corrected chi connectivity index (χ2v) is 6.50. The molecule has 0 unspecified atom stereocenters. The second-order valence-electron chi connectivity index (χ2n) is 6.50. The van der Waals surface area contributed by atoms with Gasteiger partial charge in [0.2, 0.25) is 0 Å². The van der Waals surface area contributed by atoms with Crippen molar-refractivity contribution < 1.29 is 9.59 Å². The van der Waals surface area contributed by atoms with Gasteiger partial charge in [0.05, 0.1) is 0 Å². The Hall–Kier alpha value is -2.76. The first-order chi connectivity index (χ1) is 12.0. The molecule has 1 saturated heterocycles. The van der Waals surface area contributed by atoms with Gasteiger partial charge < -0.3 is 10.2 Å². The molecular formula is C19H22N4O2. The number of nitrogens with one attached hydrogen (secondary N) is 1. The van der Waals surface area contributed by atoms with Gasteiger partial charge in [-0.1, -0.05) is 18.2 Å². The van der Waals surface area contributed by atoms with Gasteiger partial charge in [0.1, 0.15) is 11.2 Å². The Bertz CT molecular complexity index is 806. The van der Waals surface area contributed by atoms with E-state index in [4.69, 9.17) is 0 Å². The maximum absolute atomic E-state index is 13.0. The van der Waals surface area contributed by atoms with Crippen molar-refractivity contribution >= 4 is 11.8 Å². The molecule has 1 fully saturated rings. The maximum Gasteiger partial charge on any atom is 0.269 e. The lowest BCUT2D eigenvalue weighted by molar-refractivity contribution is 0.0603. The van der Waals surface area contributed by atoms with Crippen LogP contribution in [0.4, 0.5) is 0 Å². The average Bonchev–Trinajstić information content (AvgIpc) is 3.03. The Morgan fingerprint density at radius 1 is 1.20 bits per heavy atom. The number of benzene rings is 1. The molecule has 6 heteroatoms. The van der Waals surface area contributed by atoms with Crippen molar-refractivity contribution in [2.24, 2.45) is 0 Å². The third-order valence-corrected chi connectivity index (χ3v) is 4.70. The standard InChI is InChI=1S/C19H22N4O2/c1-13-12-15(16(24)20-3)22-18(21-13)19(2)10-7-11-23(19)17(25)14-8-5-4-6-9-14/h4-6,8-9,12H,7,10-11H2,1-3H3,(H,20,24)/t19-/m1/s1. The molecule has 3 rings (SSSR count). The highest BCUT2D eigenvalue weighted by Crippen LogP contribution is 2.37. The first kappa shape index (κ1) is 17.1. The van der Waals surface area contributed by atoms with Crippen LogP contribution in [0.15, 0.2) is 36.4 Å². The number of likely N-dealkylation sites (tertiary alicyclic amines) is 1. The molecule has 25 heavy (non-hydrogen) atoms. The maximum atomic E-state index is 13.0. The molecule has 1 atom stereocenters. The van der Waals surface area contributed by atoms with Crippen LogP contribution in [0.25, 0.3) is 0 Å². The fraction of sp³-hybridized carbons (Fsp3) is 0.368. The van der Waals surface area contributed by atoms with Crippen LogP contribution in [0.5, 0.6) is 0 Å². The van der Waals surface area contributed by atoms with Crippen LogP contribution < -0.4 is 5.32 Å². The molecule has 0 radical (unpaired) electrons. The summed E-state index contributed by atoms with van der Waals surface area (Å²) in [4.78, 5) is 35.8. The predicted octanol–water partition coefficient (Wildman–Crippen LogP) is 2.30. The molecule has 1 aliphatic rings. The van der Waals surface area contributed by atoms with Crippen molar-refractivity contribution in [3.8, 4) is 0 Å². The van der Waals surface area contributed by atoms with Gasteiger partial charge in [-0.15, -0.1) is 0 Å². The Morgan fingerprint density at radius 2 is 1.92 bits per heavy atom. The number of rotatable bonds is 3. The van der Waals surface area contributed by atoms with Gasteiger partial charge in [0, 0.05) is 24.8 Å². The first-order valence-corrected chi connectivity index (χ1v) is 8.41. The SMILES string of the molecule is CNC(=O)c1cc(C)nc([C@@]2(C)CCCN2C(=O)c2ccccc2)n1. The minimum atomic E-state index is -0.623. The van der Waals surface area contributed by atoms with E-state index in [0.717, 1.165) is 12.8 Å². The summed E-state index contributed by atoms with van der Waals surface area (Å²) in [6.07, 6.45) is 1.64. The van der Waals surface area contributed by atoms with E-state index in [1.165, 1.54) is 0 Å². The van der Waals surface area contributed by atoms with Crippen molar-refractivity contribution in [3.05, 3.63) is 59.2 Å². The van der Waals surface area contributed by atoms with Gasteiger partial charge in [0.25, 0.3) is 11.8 Å². The molecular weight excluding hydrogens is 316 g/mol. The van der Waals surface area contributed by atoms with E-state index in [9.17, 15) is 9.59 Å². The summed E-state index contributed by atoms with van der Waals surface area (Å²) in [5.74, 6) is 0.231. The normalized spacial score (nSPS) is 19.7. The summed E-state index contributed by atoms with van der Waals surface area (Å²) >= 11 is 0.